The van der Waals surface area contributed by atoms with Crippen LogP contribution < -0.4 is 9.64 Å². The quantitative estimate of drug-likeness (QED) is 0.789. The first kappa shape index (κ1) is 17.8. The van der Waals surface area contributed by atoms with Gasteiger partial charge in [0.2, 0.25) is 5.89 Å². The Balaban J connectivity index is 1.53. The van der Waals surface area contributed by atoms with Crippen molar-refractivity contribution in [2.45, 2.75) is 32.4 Å². The predicted molar refractivity (Wildman–Crippen MR) is 97.6 cm³/mol. The second-order valence-electron chi connectivity index (χ2n) is 6.75. The fourth-order valence-corrected chi connectivity index (χ4v) is 3.41. The summed E-state index contributed by atoms with van der Waals surface area (Å²) in [5.74, 6) is 1.97. The van der Waals surface area contributed by atoms with Crippen molar-refractivity contribution in [3.05, 3.63) is 36.0 Å². The number of benzene rings is 1. The molecular weight excluding hydrogens is 348 g/mol. The summed E-state index contributed by atoms with van der Waals surface area (Å²) in [7, 11) is 0. The molecule has 2 aliphatic heterocycles. The van der Waals surface area contributed by atoms with Crippen molar-refractivity contribution in [1.82, 2.24) is 15.0 Å². The third-order valence-corrected chi connectivity index (χ3v) is 4.77. The lowest BCUT2D eigenvalue weighted by Crippen LogP contribution is -2.52. The fourth-order valence-electron chi connectivity index (χ4n) is 3.41. The molecule has 1 saturated heterocycles. The number of aryl methyl sites for hydroxylation is 1. The van der Waals surface area contributed by atoms with Crippen LogP contribution in [-0.4, -0.2) is 59.9 Å². The molecule has 0 N–H and O–H groups in total. The number of carbonyl (C=O) groups excluding carboxylic acids is 1. The minimum absolute atomic E-state index is 0.00223. The Morgan fingerprint density at radius 3 is 2.89 bits per heavy atom. The first-order chi connectivity index (χ1) is 13.2. The topological polar surface area (TPSA) is 80.9 Å². The smallest absolute Gasteiger partial charge is 0.265 e. The van der Waals surface area contributed by atoms with E-state index in [4.69, 9.17) is 14.0 Å². The molecule has 2 aliphatic rings. The van der Waals surface area contributed by atoms with Gasteiger partial charge in [-0.3, -0.25) is 4.79 Å². The zero-order chi connectivity index (χ0) is 18.6. The molecule has 0 aliphatic carbocycles. The Bertz CT molecular complexity index is 788. The molecule has 0 bridgehead atoms. The minimum atomic E-state index is -0.556. The number of para-hydroxylation sites is 2. The average Bonchev–Trinajstić information content (AvgIpc) is 3.15. The third kappa shape index (κ3) is 3.90. The van der Waals surface area contributed by atoms with Crippen LogP contribution in [0.4, 0.5) is 5.69 Å². The Morgan fingerprint density at radius 2 is 2.07 bits per heavy atom. The van der Waals surface area contributed by atoms with E-state index in [-0.39, 0.29) is 5.91 Å². The third-order valence-electron chi connectivity index (χ3n) is 4.77. The van der Waals surface area contributed by atoms with Crippen molar-refractivity contribution in [2.24, 2.45) is 0 Å². The van der Waals surface area contributed by atoms with Crippen molar-refractivity contribution >= 4 is 11.6 Å². The second kappa shape index (κ2) is 7.96. The maximum atomic E-state index is 12.9. The number of fused-ring (bicyclic) bond motifs is 1. The van der Waals surface area contributed by atoms with Gasteiger partial charge in [-0.05, 0) is 18.6 Å². The summed E-state index contributed by atoms with van der Waals surface area (Å²) in [6.45, 7) is 5.34. The number of anilines is 1. The summed E-state index contributed by atoms with van der Waals surface area (Å²) in [5, 5.41) is 4.08. The van der Waals surface area contributed by atoms with Gasteiger partial charge in [0.15, 0.2) is 11.9 Å². The van der Waals surface area contributed by atoms with E-state index in [0.29, 0.717) is 56.9 Å². The molecule has 8 nitrogen and oxygen atoms in total. The zero-order valence-electron chi connectivity index (χ0n) is 15.5. The molecule has 27 heavy (non-hydrogen) atoms. The first-order valence-electron chi connectivity index (χ1n) is 9.43. The van der Waals surface area contributed by atoms with Crippen molar-refractivity contribution in [3.8, 4) is 5.75 Å². The van der Waals surface area contributed by atoms with Crippen LogP contribution in [0.1, 0.15) is 25.1 Å². The van der Waals surface area contributed by atoms with Crippen LogP contribution in [0.2, 0.25) is 0 Å². The molecule has 1 aromatic heterocycles. The summed E-state index contributed by atoms with van der Waals surface area (Å²) >= 11 is 0. The average molecular weight is 372 g/mol. The molecule has 1 atom stereocenters. The van der Waals surface area contributed by atoms with Crippen molar-refractivity contribution in [1.29, 1.82) is 0 Å². The number of morpholine rings is 1. The van der Waals surface area contributed by atoms with Gasteiger partial charge in [-0.1, -0.05) is 24.2 Å². The minimum Gasteiger partial charge on any atom is -0.477 e. The van der Waals surface area contributed by atoms with E-state index in [1.807, 2.05) is 29.2 Å². The highest BCUT2D eigenvalue weighted by Crippen LogP contribution is 2.34. The van der Waals surface area contributed by atoms with Crippen LogP contribution >= 0.6 is 0 Å². The highest BCUT2D eigenvalue weighted by atomic mass is 16.5. The number of rotatable bonds is 5. The SMILES string of the molecule is CCCc1nc(CN2C[C@@H](C(=O)N3CCOCC3)Oc3ccccc32)no1. The van der Waals surface area contributed by atoms with E-state index < -0.39 is 6.10 Å². The van der Waals surface area contributed by atoms with Gasteiger partial charge in [0, 0.05) is 19.5 Å². The summed E-state index contributed by atoms with van der Waals surface area (Å²) in [5.41, 5.74) is 0.936. The van der Waals surface area contributed by atoms with Gasteiger partial charge in [0.1, 0.15) is 5.75 Å². The van der Waals surface area contributed by atoms with Gasteiger partial charge in [-0.2, -0.15) is 4.98 Å². The molecule has 1 aromatic carbocycles. The van der Waals surface area contributed by atoms with E-state index in [2.05, 4.69) is 22.0 Å². The van der Waals surface area contributed by atoms with E-state index in [9.17, 15) is 4.79 Å². The van der Waals surface area contributed by atoms with Gasteiger partial charge >= 0.3 is 0 Å². The number of hydrogen-bond donors (Lipinski definition) is 0. The molecule has 0 spiro atoms. The van der Waals surface area contributed by atoms with Gasteiger partial charge in [0.25, 0.3) is 5.91 Å². The Morgan fingerprint density at radius 1 is 1.26 bits per heavy atom. The second-order valence-corrected chi connectivity index (χ2v) is 6.75. The first-order valence-corrected chi connectivity index (χ1v) is 9.43. The van der Waals surface area contributed by atoms with Crippen molar-refractivity contribution in [2.75, 3.05) is 37.7 Å². The maximum Gasteiger partial charge on any atom is 0.265 e. The summed E-state index contributed by atoms with van der Waals surface area (Å²) in [6.07, 6.45) is 1.17. The summed E-state index contributed by atoms with van der Waals surface area (Å²) < 4.78 is 16.7. The Hall–Kier alpha value is -2.61. The normalized spacial score (nSPS) is 19.5. The molecule has 1 amide bonds. The Kier molecular flexibility index (Phi) is 5.24. The molecule has 8 heteroatoms. The monoisotopic (exact) mass is 372 g/mol. The van der Waals surface area contributed by atoms with Gasteiger partial charge in [-0.25, -0.2) is 0 Å². The van der Waals surface area contributed by atoms with E-state index in [1.54, 1.807) is 0 Å². The van der Waals surface area contributed by atoms with Crippen LogP contribution in [0, 0.1) is 0 Å². The number of carbonyl (C=O) groups is 1. The highest BCUT2D eigenvalue weighted by Gasteiger charge is 2.34. The lowest BCUT2D eigenvalue weighted by atomic mass is 10.1. The van der Waals surface area contributed by atoms with Crippen LogP contribution in [0.25, 0.3) is 0 Å². The predicted octanol–water partition coefficient (Wildman–Crippen LogP) is 1.65. The summed E-state index contributed by atoms with van der Waals surface area (Å²) in [4.78, 5) is 21.3. The van der Waals surface area contributed by atoms with Crippen LogP contribution in [-0.2, 0) is 22.5 Å². The summed E-state index contributed by atoms with van der Waals surface area (Å²) in [6, 6.07) is 7.74. The lowest BCUT2D eigenvalue weighted by molar-refractivity contribution is -0.142. The standard InChI is InChI=1S/C19H24N4O4/c1-2-5-18-20-17(21-27-18)13-23-12-16(19(24)22-8-10-25-11-9-22)26-15-7-4-3-6-14(15)23/h3-4,6-7,16H,2,5,8-13H2,1H3/t16-/m0/s1. The molecular formula is C19H24N4O4. The van der Waals surface area contributed by atoms with Gasteiger partial charge in [0.05, 0.1) is 32.0 Å². The molecule has 0 unspecified atom stereocenters. The maximum absolute atomic E-state index is 12.9. The molecule has 4 rings (SSSR count). The van der Waals surface area contributed by atoms with Gasteiger partial charge < -0.3 is 23.8 Å². The molecule has 0 radical (unpaired) electrons. The van der Waals surface area contributed by atoms with E-state index in [1.165, 1.54) is 0 Å². The zero-order valence-corrected chi connectivity index (χ0v) is 15.5. The molecule has 144 valence electrons. The molecule has 3 heterocycles. The van der Waals surface area contributed by atoms with Crippen molar-refractivity contribution < 1.29 is 18.8 Å². The molecule has 1 fully saturated rings. The van der Waals surface area contributed by atoms with E-state index >= 15 is 0 Å². The van der Waals surface area contributed by atoms with Crippen LogP contribution in [0.15, 0.2) is 28.8 Å². The van der Waals surface area contributed by atoms with Gasteiger partial charge in [-0.15, -0.1) is 0 Å². The number of ether oxygens (including phenoxy) is 2. The van der Waals surface area contributed by atoms with E-state index in [0.717, 1.165) is 18.5 Å². The van der Waals surface area contributed by atoms with Crippen LogP contribution in [0.3, 0.4) is 0 Å². The van der Waals surface area contributed by atoms with Crippen molar-refractivity contribution in [3.63, 3.8) is 0 Å². The largest absolute Gasteiger partial charge is 0.477 e. The number of aromatic nitrogens is 2. The number of hydrogen-bond acceptors (Lipinski definition) is 7. The lowest BCUT2D eigenvalue weighted by Gasteiger charge is -2.37. The molecule has 0 saturated carbocycles. The van der Waals surface area contributed by atoms with Crippen LogP contribution in [0.5, 0.6) is 5.75 Å². The fraction of sp³-hybridized carbons (Fsp3) is 0.526. The Labute approximate surface area is 158 Å². The highest BCUT2D eigenvalue weighted by molar-refractivity contribution is 5.83. The number of amides is 1. The number of nitrogens with zero attached hydrogens (tertiary/aromatic N) is 4. The molecule has 2 aromatic rings.